The van der Waals surface area contributed by atoms with Crippen LogP contribution in [-0.4, -0.2) is 62.6 Å². The van der Waals surface area contributed by atoms with Crippen LogP contribution in [0.4, 0.5) is 0 Å². The van der Waals surface area contributed by atoms with E-state index < -0.39 is 29.9 Å². The summed E-state index contributed by atoms with van der Waals surface area (Å²) >= 11 is 1.43. The van der Waals surface area contributed by atoms with Gasteiger partial charge in [-0.25, -0.2) is 0 Å². The summed E-state index contributed by atoms with van der Waals surface area (Å²) in [5.41, 5.74) is -0.582. The Morgan fingerprint density at radius 3 is 2.26 bits per heavy atom. The first-order valence-electron chi connectivity index (χ1n) is 7.04. The van der Waals surface area contributed by atoms with Crippen LogP contribution in [0, 0.1) is 0 Å². The van der Waals surface area contributed by atoms with Crippen LogP contribution in [0.15, 0.2) is 0 Å². The van der Waals surface area contributed by atoms with Gasteiger partial charge in [-0.1, -0.05) is 32.6 Å². The van der Waals surface area contributed by atoms with E-state index in [1.807, 2.05) is 0 Å². The fraction of sp³-hybridized carbons (Fsp3) is 1.00. The predicted octanol–water partition coefficient (Wildman–Crippen LogP) is 0.490. The fourth-order valence-corrected chi connectivity index (χ4v) is 3.29. The van der Waals surface area contributed by atoms with E-state index in [9.17, 15) is 15.3 Å². The quantitative estimate of drug-likeness (QED) is 0.487. The molecule has 0 aliphatic carbocycles. The molecular weight excluding hydrogens is 268 g/mol. The molecule has 0 spiro atoms. The Bertz CT molecular complexity index is 239. The van der Waals surface area contributed by atoms with Gasteiger partial charge in [0.25, 0.3) is 0 Å². The van der Waals surface area contributed by atoms with Crippen LogP contribution in [0.25, 0.3) is 0 Å². The average Bonchev–Trinajstić information content (AvgIpc) is 2.42. The van der Waals surface area contributed by atoms with Gasteiger partial charge in [0.05, 0.1) is 6.61 Å². The summed E-state index contributed by atoms with van der Waals surface area (Å²) in [7, 11) is 0. The first-order chi connectivity index (χ1) is 9.11. The summed E-state index contributed by atoms with van der Waals surface area (Å²) in [6, 6.07) is 0. The topological polar surface area (TPSA) is 90.2 Å². The number of aliphatic hydroxyl groups excluding tert-OH is 4. The lowest BCUT2D eigenvalue weighted by Crippen LogP contribution is -2.57. The van der Waals surface area contributed by atoms with Gasteiger partial charge in [0.15, 0.2) is 0 Å². The molecule has 4 N–H and O–H groups in total. The van der Waals surface area contributed by atoms with Crippen LogP contribution in [0.5, 0.6) is 0 Å². The maximum atomic E-state index is 9.82. The first-order valence-corrected chi connectivity index (χ1v) is 8.08. The zero-order valence-corrected chi connectivity index (χ0v) is 12.3. The minimum Gasteiger partial charge on any atom is -0.394 e. The van der Waals surface area contributed by atoms with E-state index in [4.69, 9.17) is 9.84 Å². The molecule has 0 unspecified atom stereocenters. The Labute approximate surface area is 119 Å². The van der Waals surface area contributed by atoms with E-state index in [-0.39, 0.29) is 6.61 Å². The minimum absolute atomic E-state index is 0.363. The smallest absolute Gasteiger partial charge is 0.132 e. The molecule has 114 valence electrons. The second-order valence-corrected chi connectivity index (χ2v) is 6.19. The van der Waals surface area contributed by atoms with Crippen molar-refractivity contribution in [1.29, 1.82) is 0 Å². The molecule has 0 aromatic carbocycles. The van der Waals surface area contributed by atoms with E-state index in [2.05, 4.69) is 6.92 Å². The van der Waals surface area contributed by atoms with Crippen molar-refractivity contribution in [1.82, 2.24) is 0 Å². The summed E-state index contributed by atoms with van der Waals surface area (Å²) in [6.07, 6.45) is 1.42. The molecule has 1 saturated heterocycles. The van der Waals surface area contributed by atoms with Gasteiger partial charge >= 0.3 is 0 Å². The van der Waals surface area contributed by atoms with Gasteiger partial charge in [-0.3, -0.25) is 0 Å². The third-order valence-corrected chi connectivity index (χ3v) is 4.62. The number of aliphatic hydroxyl groups is 4. The van der Waals surface area contributed by atoms with E-state index in [1.165, 1.54) is 31.0 Å². The highest BCUT2D eigenvalue weighted by atomic mass is 32.2. The molecule has 1 heterocycles. The normalized spacial score (nSPS) is 35.5. The third-order valence-electron chi connectivity index (χ3n) is 3.38. The molecule has 0 amide bonds. The summed E-state index contributed by atoms with van der Waals surface area (Å²) in [5, 5.41) is 38.2. The van der Waals surface area contributed by atoms with Gasteiger partial charge in [-0.15, -0.1) is 11.8 Å². The molecule has 6 heteroatoms. The van der Waals surface area contributed by atoms with Crippen LogP contribution in [0.2, 0.25) is 0 Å². The van der Waals surface area contributed by atoms with Gasteiger partial charge < -0.3 is 25.2 Å². The van der Waals surface area contributed by atoms with Crippen LogP contribution >= 0.6 is 11.8 Å². The maximum Gasteiger partial charge on any atom is 0.132 e. The Hall–Kier alpha value is 0.150. The number of ether oxygens (including phenoxy) is 1. The molecule has 19 heavy (non-hydrogen) atoms. The number of rotatable bonds is 8. The van der Waals surface area contributed by atoms with Crippen molar-refractivity contribution in [3.05, 3.63) is 0 Å². The highest BCUT2D eigenvalue weighted by molar-refractivity contribution is 7.99. The van der Waals surface area contributed by atoms with Crippen molar-refractivity contribution in [3.8, 4) is 0 Å². The average molecular weight is 294 g/mol. The van der Waals surface area contributed by atoms with Gasteiger partial charge in [0, 0.05) is 0 Å². The largest absolute Gasteiger partial charge is 0.394 e. The number of thioether (sulfide) groups is 1. The lowest BCUT2D eigenvalue weighted by atomic mass is 10.0. The first kappa shape index (κ1) is 17.2. The predicted molar refractivity (Wildman–Crippen MR) is 75.0 cm³/mol. The van der Waals surface area contributed by atoms with Crippen molar-refractivity contribution in [3.63, 3.8) is 0 Å². The number of hydrogen-bond acceptors (Lipinski definition) is 6. The van der Waals surface area contributed by atoms with Gasteiger partial charge in [0.1, 0.15) is 29.9 Å². The highest BCUT2D eigenvalue weighted by Gasteiger charge is 2.43. The molecule has 1 fully saturated rings. The van der Waals surface area contributed by atoms with Crippen molar-refractivity contribution < 1.29 is 25.2 Å². The molecule has 0 bridgehead atoms. The molecule has 5 atom stereocenters. The minimum atomic E-state index is -1.26. The van der Waals surface area contributed by atoms with Crippen LogP contribution in [-0.2, 0) is 4.74 Å². The maximum absolute atomic E-state index is 9.82. The molecule has 0 radical (unpaired) electrons. The van der Waals surface area contributed by atoms with E-state index >= 15 is 0 Å². The van der Waals surface area contributed by atoms with Crippen molar-refractivity contribution in [2.75, 3.05) is 12.4 Å². The summed E-state index contributed by atoms with van der Waals surface area (Å²) < 4.78 is 5.41. The highest BCUT2D eigenvalue weighted by Crippen LogP contribution is 2.29. The van der Waals surface area contributed by atoms with E-state index in [1.54, 1.807) is 0 Å². The lowest BCUT2D eigenvalue weighted by molar-refractivity contribution is -0.205. The second-order valence-electron chi connectivity index (χ2n) is 4.98. The summed E-state index contributed by atoms with van der Waals surface area (Å²) in [6.45, 7) is 1.81. The standard InChI is InChI=1S/C13H26O5S/c1-2-3-4-5-6-7-19-13-12(17)11(16)10(15)9(8-14)18-13/h9-17H,2-8H2,1H3/t9-,10-,11+,12+,13+/m1/s1. The Morgan fingerprint density at radius 1 is 0.947 bits per heavy atom. The van der Waals surface area contributed by atoms with Crippen molar-refractivity contribution in [2.45, 2.75) is 68.9 Å². The summed E-state index contributed by atoms with van der Waals surface area (Å²) in [4.78, 5) is 0. The third kappa shape index (κ3) is 5.21. The van der Waals surface area contributed by atoms with Crippen LogP contribution in [0.3, 0.4) is 0 Å². The van der Waals surface area contributed by atoms with Crippen molar-refractivity contribution >= 4 is 11.8 Å². The van der Waals surface area contributed by atoms with Crippen LogP contribution < -0.4 is 0 Å². The molecule has 5 nitrogen and oxygen atoms in total. The Balaban J connectivity index is 2.28. The zero-order chi connectivity index (χ0) is 14.3. The second kappa shape index (κ2) is 9.15. The molecule has 0 saturated carbocycles. The molecule has 0 aromatic rings. The van der Waals surface area contributed by atoms with Crippen LogP contribution in [0.1, 0.15) is 39.0 Å². The van der Waals surface area contributed by atoms with Gasteiger partial charge in [-0.2, -0.15) is 0 Å². The van der Waals surface area contributed by atoms with Gasteiger partial charge in [0.2, 0.25) is 0 Å². The number of hydrogen-bond donors (Lipinski definition) is 4. The SMILES string of the molecule is CCCCCCCS[C@@H]1O[C@H](CO)[C@@H](O)[C@H](O)[C@@H]1O. The molecule has 1 rings (SSSR count). The number of unbranched alkanes of at least 4 members (excludes halogenated alkanes) is 4. The van der Waals surface area contributed by atoms with Gasteiger partial charge in [-0.05, 0) is 12.2 Å². The summed E-state index contributed by atoms with van der Waals surface area (Å²) in [5.74, 6) is 0.840. The molecule has 0 aromatic heterocycles. The van der Waals surface area contributed by atoms with E-state index in [0.717, 1.165) is 18.6 Å². The lowest BCUT2D eigenvalue weighted by Gasteiger charge is -2.39. The molecule has 1 aliphatic rings. The molecule has 1 aliphatic heterocycles. The monoisotopic (exact) mass is 294 g/mol. The van der Waals surface area contributed by atoms with E-state index in [0.29, 0.717) is 0 Å². The Morgan fingerprint density at radius 2 is 1.63 bits per heavy atom. The molecular formula is C13H26O5S. The Kier molecular flexibility index (Phi) is 8.29. The van der Waals surface area contributed by atoms with Crippen molar-refractivity contribution in [2.24, 2.45) is 0 Å². The zero-order valence-electron chi connectivity index (χ0n) is 11.4. The fourth-order valence-electron chi connectivity index (χ4n) is 2.11.